The molecule has 0 N–H and O–H groups in total. The van der Waals surface area contributed by atoms with Crippen molar-refractivity contribution in [3.63, 3.8) is 0 Å². The van der Waals surface area contributed by atoms with Crippen LogP contribution in [0.4, 0.5) is 0 Å². The molecule has 36 valence electrons. The van der Waals surface area contributed by atoms with E-state index in [1.807, 2.05) is 6.92 Å². The monoisotopic (exact) mass is 126 g/mol. The Morgan fingerprint density at radius 3 is 2.00 bits per heavy atom. The zero-order valence-corrected chi connectivity index (χ0v) is 6.67. The zero-order chi connectivity index (χ0) is 4.12. The summed E-state index contributed by atoms with van der Waals surface area (Å²) in [5, 5.41) is 0. The van der Waals surface area contributed by atoms with Crippen molar-refractivity contribution in [2.24, 2.45) is 0 Å². The molecule has 2 heteroatoms. The van der Waals surface area contributed by atoms with Crippen molar-refractivity contribution in [1.82, 2.24) is 0 Å². The van der Waals surface area contributed by atoms with Crippen LogP contribution in [0.15, 0.2) is 0 Å². The van der Waals surface area contributed by atoms with Gasteiger partial charge in [-0.2, -0.15) is 0 Å². The molecule has 0 aliphatic rings. The summed E-state index contributed by atoms with van der Waals surface area (Å²) in [5.74, 6) is 2.27. The van der Waals surface area contributed by atoms with Crippen LogP contribution in [0.3, 0.4) is 0 Å². The van der Waals surface area contributed by atoms with E-state index in [9.17, 15) is 0 Å². The Hall–Kier alpha value is 0.616. The Labute approximate surface area is 67.6 Å². The van der Waals surface area contributed by atoms with E-state index < -0.39 is 0 Å². The summed E-state index contributed by atoms with van der Waals surface area (Å²) in [4.78, 5) is 0. The fraction of sp³-hybridized carbons (Fsp3) is 0.600. The van der Waals surface area contributed by atoms with Crippen LogP contribution in [-0.4, -0.2) is 23.1 Å². The fourth-order valence-electron chi connectivity index (χ4n) is 0.125. The van der Waals surface area contributed by atoms with Gasteiger partial charge in [-0.3, -0.25) is 0 Å². The zero-order valence-electron chi connectivity index (χ0n) is 4.50. The summed E-state index contributed by atoms with van der Waals surface area (Å²) in [6, 6.07) is 0. The molecule has 0 aliphatic carbocycles. The maximum Gasteiger partial charge on any atom is 2.00 e. The molecular weight excluding hydrogens is 120 g/mol. The first-order valence-corrected chi connectivity index (χ1v) is 1.81. The number of halogens is 1. The summed E-state index contributed by atoms with van der Waals surface area (Å²) >= 11 is 0. The number of hydrogen-bond donors (Lipinski definition) is 0. The van der Waals surface area contributed by atoms with Crippen molar-refractivity contribution in [3.05, 3.63) is 6.42 Å². The molecule has 0 atom stereocenters. The molecule has 0 heterocycles. The van der Waals surface area contributed by atoms with Crippen LogP contribution in [0.2, 0.25) is 0 Å². The Kier molecular flexibility index (Phi) is 35.7. The Morgan fingerprint density at radius 2 is 2.00 bits per heavy atom. The molecule has 0 aromatic rings. The van der Waals surface area contributed by atoms with Crippen molar-refractivity contribution < 1.29 is 12.4 Å². The minimum absolute atomic E-state index is 0. The van der Waals surface area contributed by atoms with Gasteiger partial charge in [0.25, 0.3) is 0 Å². The summed E-state index contributed by atoms with van der Waals surface area (Å²) in [6.45, 7) is 2.03. The molecule has 0 saturated heterocycles. The van der Waals surface area contributed by atoms with Gasteiger partial charge in [-0.1, -0.05) is 6.92 Å². The van der Waals surface area contributed by atoms with E-state index in [1.54, 1.807) is 0 Å². The van der Waals surface area contributed by atoms with Gasteiger partial charge >= 0.3 is 23.1 Å². The molecule has 7 heavy (non-hydrogen) atoms. The van der Waals surface area contributed by atoms with Crippen molar-refractivity contribution >= 4 is 23.1 Å². The van der Waals surface area contributed by atoms with E-state index in [4.69, 9.17) is 6.42 Å². The maximum absolute atomic E-state index is 6.35. The average molecular weight is 127 g/mol. The number of hydrogen-bond acceptors (Lipinski definition) is 0. The second-order valence-electron chi connectivity index (χ2n) is 0.927. The first-order chi connectivity index (χ1) is 2.41. The number of unbranched alkanes of at least 4 members (excludes halogenated alkanes) is 1. The molecule has 0 aliphatic heterocycles. The van der Waals surface area contributed by atoms with Crippen LogP contribution >= 0.6 is 0 Å². The van der Waals surface area contributed by atoms with Gasteiger partial charge in [-0.25, -0.2) is 0 Å². The summed E-state index contributed by atoms with van der Waals surface area (Å²) in [5.41, 5.74) is 0. The standard InChI is InChI=1S/C5H7.ClH.Mg/c1-3-5-4-2;;/h3,5H2,1H3;1H;/q-1;;+2/p-1. The van der Waals surface area contributed by atoms with E-state index in [-0.39, 0.29) is 35.5 Å². The van der Waals surface area contributed by atoms with Crippen molar-refractivity contribution in [1.29, 1.82) is 0 Å². The quantitative estimate of drug-likeness (QED) is 0.217. The first-order valence-electron chi connectivity index (χ1n) is 1.81. The molecule has 0 amide bonds. The van der Waals surface area contributed by atoms with Gasteiger partial charge in [0.1, 0.15) is 0 Å². The largest absolute Gasteiger partial charge is 2.00 e. The van der Waals surface area contributed by atoms with Crippen LogP contribution in [-0.2, 0) is 0 Å². The molecule has 0 aromatic carbocycles. The van der Waals surface area contributed by atoms with Crippen molar-refractivity contribution in [3.8, 4) is 5.92 Å². The topological polar surface area (TPSA) is 0 Å². The SMILES string of the molecule is [C-]#CCCC.[Cl-].[Mg+2]. The van der Waals surface area contributed by atoms with Gasteiger partial charge in [0.2, 0.25) is 0 Å². The van der Waals surface area contributed by atoms with Gasteiger partial charge in [0.15, 0.2) is 0 Å². The summed E-state index contributed by atoms with van der Waals surface area (Å²) in [6.07, 6.45) is 8.20. The normalized spacial score (nSPS) is 4.57. The third-order valence-corrected chi connectivity index (χ3v) is 0.375. The van der Waals surface area contributed by atoms with Crippen LogP contribution in [0.1, 0.15) is 19.8 Å². The molecular formula is C5H7ClMg. The van der Waals surface area contributed by atoms with Gasteiger partial charge < -0.3 is 24.8 Å². The maximum atomic E-state index is 6.35. The predicted molar refractivity (Wildman–Crippen MR) is 27.8 cm³/mol. The van der Waals surface area contributed by atoms with Gasteiger partial charge in [-0.05, 0) is 12.8 Å². The van der Waals surface area contributed by atoms with E-state index >= 15 is 0 Å². The van der Waals surface area contributed by atoms with E-state index in [0.29, 0.717) is 0 Å². The van der Waals surface area contributed by atoms with Crippen molar-refractivity contribution in [2.75, 3.05) is 0 Å². The van der Waals surface area contributed by atoms with E-state index in [1.165, 1.54) is 0 Å². The van der Waals surface area contributed by atoms with Crippen LogP contribution in [0.5, 0.6) is 0 Å². The van der Waals surface area contributed by atoms with Gasteiger partial charge in [0.05, 0.1) is 0 Å². The second kappa shape index (κ2) is 16.0. The molecule has 0 rings (SSSR count). The molecule has 0 unspecified atom stereocenters. The van der Waals surface area contributed by atoms with Crippen LogP contribution in [0, 0.1) is 12.3 Å². The fourth-order valence-corrected chi connectivity index (χ4v) is 0.125. The molecule has 0 fully saturated rings. The summed E-state index contributed by atoms with van der Waals surface area (Å²) in [7, 11) is 0. The third kappa shape index (κ3) is 20.6. The van der Waals surface area contributed by atoms with E-state index in [2.05, 4.69) is 5.92 Å². The van der Waals surface area contributed by atoms with Gasteiger partial charge in [-0.15, -0.1) is 0 Å². The average Bonchev–Trinajstić information content (AvgIpc) is 1.41. The minimum Gasteiger partial charge on any atom is -1.00 e. The third-order valence-electron chi connectivity index (χ3n) is 0.375. The van der Waals surface area contributed by atoms with Gasteiger partial charge in [0, 0.05) is 0 Å². The summed E-state index contributed by atoms with van der Waals surface area (Å²) < 4.78 is 0. The van der Waals surface area contributed by atoms with Crippen LogP contribution < -0.4 is 12.4 Å². The molecule has 0 saturated carbocycles. The predicted octanol–water partition coefficient (Wildman–Crippen LogP) is -2.00. The number of rotatable bonds is 1. The molecule has 0 nitrogen and oxygen atoms in total. The first kappa shape index (κ1) is 15.6. The van der Waals surface area contributed by atoms with E-state index in [0.717, 1.165) is 12.8 Å². The molecule has 0 aromatic heterocycles. The molecule has 0 radical (unpaired) electrons. The smallest absolute Gasteiger partial charge is 1.00 e. The van der Waals surface area contributed by atoms with Crippen molar-refractivity contribution in [2.45, 2.75) is 19.8 Å². The minimum atomic E-state index is 0. The molecule has 0 bridgehead atoms. The Bertz CT molecular complexity index is 46.5. The Morgan fingerprint density at radius 1 is 1.57 bits per heavy atom. The second-order valence-corrected chi connectivity index (χ2v) is 0.927. The Balaban J connectivity index is -0.0000000800. The molecule has 0 spiro atoms. The van der Waals surface area contributed by atoms with Crippen LogP contribution in [0.25, 0.3) is 0 Å².